The van der Waals surface area contributed by atoms with Crippen molar-refractivity contribution in [3.05, 3.63) is 45.7 Å². The summed E-state index contributed by atoms with van der Waals surface area (Å²) in [5.74, 6) is 5.64. The highest BCUT2D eigenvalue weighted by molar-refractivity contribution is 9.10. The quantitative estimate of drug-likeness (QED) is 0.664. The fourth-order valence-corrected chi connectivity index (χ4v) is 2.28. The van der Waals surface area contributed by atoms with Crippen LogP contribution in [0, 0.1) is 6.92 Å². The van der Waals surface area contributed by atoms with Gasteiger partial charge in [-0.25, -0.2) is 5.43 Å². The third-order valence-electron chi connectivity index (χ3n) is 2.74. The molecule has 3 N–H and O–H groups in total. The third-order valence-corrected chi connectivity index (χ3v) is 3.83. The summed E-state index contributed by atoms with van der Waals surface area (Å²) in [6, 6.07) is 5.94. The maximum absolute atomic E-state index is 5.64. The summed E-state index contributed by atoms with van der Waals surface area (Å²) in [4.78, 5) is 0. The molecule has 0 amide bonds. The van der Waals surface area contributed by atoms with Crippen molar-refractivity contribution in [2.24, 2.45) is 12.9 Å². The molecule has 0 aliphatic carbocycles. The number of hydrogen-bond donors (Lipinski definition) is 2. The normalized spacial score (nSPS) is 12.7. The molecule has 0 saturated heterocycles. The lowest BCUT2D eigenvalue weighted by molar-refractivity contribution is 0.568. The minimum atomic E-state index is -0.135. The molecule has 90 valence electrons. The number of aromatic nitrogens is 3. The van der Waals surface area contributed by atoms with Crippen molar-refractivity contribution in [1.82, 2.24) is 20.4 Å². The largest absolute Gasteiger partial charge is 0.271 e. The molecule has 1 aromatic carbocycles. The molecule has 0 fully saturated rings. The van der Waals surface area contributed by atoms with Crippen molar-refractivity contribution in [1.29, 1.82) is 0 Å². The molecule has 1 aromatic heterocycles. The Morgan fingerprint density at radius 1 is 1.47 bits per heavy atom. The minimum absolute atomic E-state index is 0.135. The maximum atomic E-state index is 5.64. The second kappa shape index (κ2) is 4.95. The highest BCUT2D eigenvalue weighted by Crippen LogP contribution is 2.29. The molecule has 1 atom stereocenters. The van der Waals surface area contributed by atoms with Crippen LogP contribution in [0.2, 0.25) is 0 Å². The molecule has 5 nitrogen and oxygen atoms in total. The number of nitrogens with one attached hydrogen (secondary N) is 1. The number of halogens is 1. The van der Waals surface area contributed by atoms with Gasteiger partial charge < -0.3 is 0 Å². The average Bonchev–Trinajstić information content (AvgIpc) is 2.72. The molecule has 1 heterocycles. The Kier molecular flexibility index (Phi) is 3.56. The topological polar surface area (TPSA) is 68.8 Å². The van der Waals surface area contributed by atoms with E-state index in [0.717, 1.165) is 21.3 Å². The fourth-order valence-electron chi connectivity index (χ4n) is 1.79. The van der Waals surface area contributed by atoms with Crippen molar-refractivity contribution in [2.75, 3.05) is 0 Å². The van der Waals surface area contributed by atoms with Gasteiger partial charge in [0, 0.05) is 11.5 Å². The standard InChI is InChI=1S/C11H14BrN5/c1-7-4-3-5-8(10(7)12)11(15-13)9-6-14-16-17(9)2/h3-6,11,15H,13H2,1-2H3. The zero-order valence-electron chi connectivity index (χ0n) is 9.68. The van der Waals surface area contributed by atoms with E-state index in [1.807, 2.05) is 32.2 Å². The molecule has 0 spiro atoms. The van der Waals surface area contributed by atoms with E-state index in [1.54, 1.807) is 10.9 Å². The number of benzene rings is 1. The molecule has 2 aromatic rings. The third kappa shape index (κ3) is 2.24. The molecule has 17 heavy (non-hydrogen) atoms. The van der Waals surface area contributed by atoms with Crippen molar-refractivity contribution in [2.45, 2.75) is 13.0 Å². The van der Waals surface area contributed by atoms with E-state index in [9.17, 15) is 0 Å². The lowest BCUT2D eigenvalue weighted by Crippen LogP contribution is -2.30. The zero-order valence-corrected chi connectivity index (χ0v) is 11.3. The Hall–Kier alpha value is -1.24. The van der Waals surface area contributed by atoms with E-state index in [1.165, 1.54) is 0 Å². The van der Waals surface area contributed by atoms with Crippen LogP contribution < -0.4 is 11.3 Å². The fraction of sp³-hybridized carbons (Fsp3) is 0.273. The highest BCUT2D eigenvalue weighted by Gasteiger charge is 2.19. The van der Waals surface area contributed by atoms with Gasteiger partial charge >= 0.3 is 0 Å². The zero-order chi connectivity index (χ0) is 12.4. The SMILES string of the molecule is Cc1cccc(C(NN)c2cnnn2C)c1Br. The van der Waals surface area contributed by atoms with Crippen LogP contribution in [-0.2, 0) is 7.05 Å². The van der Waals surface area contributed by atoms with Crippen LogP contribution >= 0.6 is 15.9 Å². The lowest BCUT2D eigenvalue weighted by Gasteiger charge is -2.18. The summed E-state index contributed by atoms with van der Waals surface area (Å²) in [5.41, 5.74) is 5.95. The van der Waals surface area contributed by atoms with Crippen LogP contribution in [0.1, 0.15) is 22.9 Å². The van der Waals surface area contributed by atoms with E-state index >= 15 is 0 Å². The number of hydrazine groups is 1. The Labute approximate surface area is 108 Å². The highest BCUT2D eigenvalue weighted by atomic mass is 79.9. The van der Waals surface area contributed by atoms with Gasteiger partial charge in [-0.2, -0.15) is 0 Å². The van der Waals surface area contributed by atoms with E-state index in [4.69, 9.17) is 5.84 Å². The van der Waals surface area contributed by atoms with Crippen molar-refractivity contribution in [3.8, 4) is 0 Å². The average molecular weight is 296 g/mol. The second-order valence-electron chi connectivity index (χ2n) is 3.86. The molecule has 1 unspecified atom stereocenters. The molecule has 0 bridgehead atoms. The summed E-state index contributed by atoms with van der Waals surface area (Å²) in [7, 11) is 1.84. The molecule has 0 radical (unpaired) electrons. The van der Waals surface area contributed by atoms with Crippen molar-refractivity contribution in [3.63, 3.8) is 0 Å². The van der Waals surface area contributed by atoms with Gasteiger partial charge in [-0.15, -0.1) is 5.10 Å². The van der Waals surface area contributed by atoms with E-state index in [2.05, 4.69) is 31.7 Å². The van der Waals surface area contributed by atoms with Crippen LogP contribution in [0.3, 0.4) is 0 Å². The van der Waals surface area contributed by atoms with Crippen LogP contribution in [0.5, 0.6) is 0 Å². The molecule has 0 saturated carbocycles. The van der Waals surface area contributed by atoms with Gasteiger partial charge in [0.1, 0.15) is 0 Å². The minimum Gasteiger partial charge on any atom is -0.271 e. The Morgan fingerprint density at radius 2 is 2.24 bits per heavy atom. The number of rotatable bonds is 3. The van der Waals surface area contributed by atoms with Crippen molar-refractivity contribution < 1.29 is 0 Å². The summed E-state index contributed by atoms with van der Waals surface area (Å²) >= 11 is 3.59. The van der Waals surface area contributed by atoms with Crippen LogP contribution in [0.4, 0.5) is 0 Å². The first kappa shape index (κ1) is 12.2. The maximum Gasteiger partial charge on any atom is 0.0905 e. The Bertz CT molecular complexity index is 522. The smallest absolute Gasteiger partial charge is 0.0905 e. The lowest BCUT2D eigenvalue weighted by atomic mass is 10.0. The molecule has 6 heteroatoms. The monoisotopic (exact) mass is 295 g/mol. The molecule has 0 aliphatic heterocycles. The van der Waals surface area contributed by atoms with Crippen LogP contribution in [0.25, 0.3) is 0 Å². The Morgan fingerprint density at radius 3 is 2.82 bits per heavy atom. The number of aryl methyl sites for hydroxylation is 2. The predicted molar refractivity (Wildman–Crippen MR) is 69.0 cm³/mol. The van der Waals surface area contributed by atoms with Gasteiger partial charge in [-0.1, -0.05) is 39.3 Å². The van der Waals surface area contributed by atoms with Gasteiger partial charge in [-0.3, -0.25) is 10.5 Å². The molecular formula is C11H14BrN5. The molecular weight excluding hydrogens is 282 g/mol. The second-order valence-corrected chi connectivity index (χ2v) is 4.65. The summed E-state index contributed by atoms with van der Waals surface area (Å²) in [6.07, 6.45) is 1.71. The number of hydrogen-bond acceptors (Lipinski definition) is 4. The van der Waals surface area contributed by atoms with Gasteiger partial charge in [0.2, 0.25) is 0 Å². The van der Waals surface area contributed by atoms with Gasteiger partial charge in [-0.05, 0) is 18.1 Å². The molecule has 2 rings (SSSR count). The first-order chi connectivity index (χ1) is 8.15. The summed E-state index contributed by atoms with van der Waals surface area (Å²) in [5, 5.41) is 7.79. The first-order valence-electron chi connectivity index (χ1n) is 5.21. The number of nitrogens with two attached hydrogens (primary N) is 1. The molecule has 0 aliphatic rings. The Balaban J connectivity index is 2.50. The van der Waals surface area contributed by atoms with Crippen LogP contribution in [0.15, 0.2) is 28.9 Å². The van der Waals surface area contributed by atoms with E-state index in [-0.39, 0.29) is 6.04 Å². The van der Waals surface area contributed by atoms with Crippen LogP contribution in [-0.4, -0.2) is 15.0 Å². The summed E-state index contributed by atoms with van der Waals surface area (Å²) < 4.78 is 2.75. The predicted octanol–water partition coefficient (Wildman–Crippen LogP) is 1.44. The number of nitrogens with zero attached hydrogens (tertiary/aromatic N) is 3. The van der Waals surface area contributed by atoms with E-state index < -0.39 is 0 Å². The van der Waals surface area contributed by atoms with E-state index in [0.29, 0.717) is 0 Å². The van der Waals surface area contributed by atoms with Gasteiger partial charge in [0.05, 0.1) is 17.9 Å². The van der Waals surface area contributed by atoms with Gasteiger partial charge in [0.15, 0.2) is 0 Å². The van der Waals surface area contributed by atoms with Crippen molar-refractivity contribution >= 4 is 15.9 Å². The first-order valence-corrected chi connectivity index (χ1v) is 6.00. The summed E-state index contributed by atoms with van der Waals surface area (Å²) in [6.45, 7) is 2.04. The van der Waals surface area contributed by atoms with Gasteiger partial charge in [0.25, 0.3) is 0 Å².